The van der Waals surface area contributed by atoms with E-state index in [1.54, 1.807) is 0 Å². The second-order valence-corrected chi connectivity index (χ2v) is 6.94. The molecule has 3 aromatic rings. The number of hydrogen-bond acceptors (Lipinski definition) is 6. The van der Waals surface area contributed by atoms with Gasteiger partial charge in [0.2, 0.25) is 0 Å². The summed E-state index contributed by atoms with van der Waals surface area (Å²) in [5.74, 6) is 2.67. The number of benzene rings is 1. The van der Waals surface area contributed by atoms with Crippen molar-refractivity contribution in [2.45, 2.75) is 25.7 Å². The monoisotopic (exact) mass is 335 g/mol. The Balaban J connectivity index is 1.32. The third-order valence-corrected chi connectivity index (χ3v) is 4.96. The summed E-state index contributed by atoms with van der Waals surface area (Å²) in [4.78, 5) is 18.6. The first-order valence-corrected chi connectivity index (χ1v) is 8.97. The van der Waals surface area contributed by atoms with Gasteiger partial charge in [0.25, 0.3) is 6.01 Å². The molecule has 25 heavy (non-hydrogen) atoms. The van der Waals surface area contributed by atoms with Gasteiger partial charge in [-0.05, 0) is 31.9 Å². The normalized spacial score (nSPS) is 18.1. The molecule has 1 aliphatic heterocycles. The van der Waals surface area contributed by atoms with Gasteiger partial charge in [0.1, 0.15) is 17.2 Å². The molecule has 128 valence electrons. The summed E-state index contributed by atoms with van der Waals surface area (Å²) in [6.07, 6.45) is 2.46. The lowest BCUT2D eigenvalue weighted by molar-refractivity contribution is 0.540. The number of para-hydroxylation sites is 2. The highest BCUT2D eigenvalue weighted by Gasteiger charge is 2.28. The van der Waals surface area contributed by atoms with Crippen LogP contribution in [0.25, 0.3) is 11.1 Å². The second kappa shape index (κ2) is 5.72. The van der Waals surface area contributed by atoms with Crippen molar-refractivity contribution in [3.05, 3.63) is 41.9 Å². The molecule has 6 nitrogen and oxygen atoms in total. The maximum Gasteiger partial charge on any atom is 0.298 e. The second-order valence-electron chi connectivity index (χ2n) is 6.94. The first kappa shape index (κ1) is 14.7. The number of anilines is 2. The molecule has 0 bridgehead atoms. The number of nitrogens with zero attached hydrogens (tertiary/aromatic N) is 5. The standard InChI is InChI=1S/C19H21N5O/c1-13-12-17(22-18(20-13)14-6-7-14)23-8-10-24(11-9-23)19-21-15-4-2-3-5-16(15)25-19/h2-5,12,14H,6-11H2,1H3. The SMILES string of the molecule is Cc1cc(N2CCN(c3nc4ccccc4o3)CC2)nc(C2CC2)n1. The molecular weight excluding hydrogens is 314 g/mol. The smallest absolute Gasteiger partial charge is 0.298 e. The first-order chi connectivity index (χ1) is 12.3. The van der Waals surface area contributed by atoms with E-state index in [-0.39, 0.29) is 0 Å². The highest BCUT2D eigenvalue weighted by Crippen LogP contribution is 2.38. The number of rotatable bonds is 3. The summed E-state index contributed by atoms with van der Waals surface area (Å²) in [5, 5.41) is 0. The molecular formula is C19H21N5O. The number of aryl methyl sites for hydroxylation is 1. The Morgan fingerprint density at radius 2 is 1.72 bits per heavy atom. The predicted molar refractivity (Wildman–Crippen MR) is 97.2 cm³/mol. The zero-order valence-electron chi connectivity index (χ0n) is 14.4. The first-order valence-electron chi connectivity index (χ1n) is 8.97. The number of fused-ring (bicyclic) bond motifs is 1. The molecule has 5 rings (SSSR count). The summed E-state index contributed by atoms with van der Waals surface area (Å²) in [6.45, 7) is 5.66. The van der Waals surface area contributed by atoms with Crippen LogP contribution in [0, 0.1) is 6.92 Å². The average Bonchev–Trinajstić information content (AvgIpc) is 3.40. The quantitative estimate of drug-likeness (QED) is 0.733. The number of hydrogen-bond donors (Lipinski definition) is 0. The topological polar surface area (TPSA) is 58.3 Å². The van der Waals surface area contributed by atoms with Gasteiger partial charge < -0.3 is 14.2 Å². The molecule has 1 saturated carbocycles. The van der Waals surface area contributed by atoms with Crippen molar-refractivity contribution in [1.82, 2.24) is 15.0 Å². The van der Waals surface area contributed by atoms with Crippen molar-refractivity contribution in [2.75, 3.05) is 36.0 Å². The Morgan fingerprint density at radius 1 is 0.960 bits per heavy atom. The van der Waals surface area contributed by atoms with Gasteiger partial charge >= 0.3 is 0 Å². The van der Waals surface area contributed by atoms with Crippen molar-refractivity contribution in [3.8, 4) is 0 Å². The molecule has 0 atom stereocenters. The van der Waals surface area contributed by atoms with E-state index in [0.717, 1.165) is 60.6 Å². The maximum atomic E-state index is 5.90. The van der Waals surface area contributed by atoms with Crippen LogP contribution in [0.5, 0.6) is 0 Å². The van der Waals surface area contributed by atoms with Gasteiger partial charge in [-0.15, -0.1) is 0 Å². The number of piperazine rings is 1. The lowest BCUT2D eigenvalue weighted by Gasteiger charge is -2.34. The Hall–Kier alpha value is -2.63. The highest BCUT2D eigenvalue weighted by molar-refractivity contribution is 5.74. The van der Waals surface area contributed by atoms with Crippen LogP contribution in [0.2, 0.25) is 0 Å². The average molecular weight is 335 g/mol. The Kier molecular flexibility index (Phi) is 3.36. The van der Waals surface area contributed by atoms with Crippen molar-refractivity contribution < 1.29 is 4.42 Å². The van der Waals surface area contributed by atoms with Crippen molar-refractivity contribution in [2.24, 2.45) is 0 Å². The van der Waals surface area contributed by atoms with Crippen LogP contribution >= 0.6 is 0 Å². The van der Waals surface area contributed by atoms with Gasteiger partial charge in [-0.1, -0.05) is 12.1 Å². The van der Waals surface area contributed by atoms with Crippen molar-refractivity contribution >= 4 is 22.9 Å². The fourth-order valence-electron chi connectivity index (χ4n) is 3.38. The molecule has 1 saturated heterocycles. The predicted octanol–water partition coefficient (Wildman–Crippen LogP) is 3.13. The molecule has 1 aromatic carbocycles. The summed E-state index contributed by atoms with van der Waals surface area (Å²) < 4.78 is 5.90. The van der Waals surface area contributed by atoms with Gasteiger partial charge in [0.05, 0.1) is 0 Å². The third kappa shape index (κ3) is 2.81. The van der Waals surface area contributed by atoms with E-state index in [1.807, 2.05) is 24.3 Å². The lowest BCUT2D eigenvalue weighted by Crippen LogP contribution is -2.47. The Bertz CT molecular complexity index is 876. The molecule has 2 aromatic heterocycles. The lowest BCUT2D eigenvalue weighted by atomic mass is 10.3. The van der Waals surface area contributed by atoms with Crippen LogP contribution < -0.4 is 9.80 Å². The molecule has 0 radical (unpaired) electrons. The van der Waals surface area contributed by atoms with Crippen LogP contribution in [0.15, 0.2) is 34.7 Å². The molecule has 0 unspecified atom stereocenters. The Morgan fingerprint density at radius 3 is 2.48 bits per heavy atom. The fraction of sp³-hybridized carbons (Fsp3) is 0.421. The number of aromatic nitrogens is 3. The van der Waals surface area contributed by atoms with Crippen LogP contribution in [-0.2, 0) is 0 Å². The maximum absolute atomic E-state index is 5.90. The largest absolute Gasteiger partial charge is 0.423 e. The van der Waals surface area contributed by atoms with Gasteiger partial charge in [-0.25, -0.2) is 9.97 Å². The van der Waals surface area contributed by atoms with Gasteiger partial charge in [0.15, 0.2) is 5.58 Å². The van der Waals surface area contributed by atoms with E-state index in [2.05, 4.69) is 32.8 Å². The van der Waals surface area contributed by atoms with Gasteiger partial charge in [-0.3, -0.25) is 0 Å². The van der Waals surface area contributed by atoms with E-state index in [0.29, 0.717) is 5.92 Å². The minimum Gasteiger partial charge on any atom is -0.423 e. The minimum absolute atomic E-state index is 0.583. The molecule has 0 amide bonds. The van der Waals surface area contributed by atoms with Crippen LogP contribution in [0.1, 0.15) is 30.3 Å². The fourth-order valence-corrected chi connectivity index (χ4v) is 3.38. The molecule has 6 heteroatoms. The molecule has 0 spiro atoms. The van der Waals surface area contributed by atoms with E-state index in [9.17, 15) is 0 Å². The molecule has 2 fully saturated rings. The zero-order chi connectivity index (χ0) is 16.8. The van der Waals surface area contributed by atoms with E-state index < -0.39 is 0 Å². The van der Waals surface area contributed by atoms with E-state index in [1.165, 1.54) is 12.8 Å². The zero-order valence-corrected chi connectivity index (χ0v) is 14.4. The molecule has 2 aliphatic rings. The number of oxazole rings is 1. The minimum atomic E-state index is 0.583. The molecule has 0 N–H and O–H groups in total. The molecule has 3 heterocycles. The summed E-state index contributed by atoms with van der Waals surface area (Å²) in [7, 11) is 0. The summed E-state index contributed by atoms with van der Waals surface area (Å²) in [5.41, 5.74) is 2.83. The van der Waals surface area contributed by atoms with Crippen LogP contribution in [-0.4, -0.2) is 41.1 Å². The third-order valence-electron chi connectivity index (χ3n) is 4.96. The van der Waals surface area contributed by atoms with Crippen LogP contribution in [0.3, 0.4) is 0 Å². The van der Waals surface area contributed by atoms with E-state index in [4.69, 9.17) is 9.40 Å². The highest BCUT2D eigenvalue weighted by atomic mass is 16.4. The molecule has 1 aliphatic carbocycles. The van der Waals surface area contributed by atoms with Gasteiger partial charge in [-0.2, -0.15) is 4.98 Å². The summed E-state index contributed by atoms with van der Waals surface area (Å²) >= 11 is 0. The van der Waals surface area contributed by atoms with Crippen molar-refractivity contribution in [1.29, 1.82) is 0 Å². The summed E-state index contributed by atoms with van der Waals surface area (Å²) in [6, 6.07) is 10.7. The Labute approximate surface area is 146 Å². The van der Waals surface area contributed by atoms with Gasteiger partial charge in [0, 0.05) is 43.9 Å². The van der Waals surface area contributed by atoms with Crippen LogP contribution in [0.4, 0.5) is 11.8 Å². The van der Waals surface area contributed by atoms with E-state index >= 15 is 0 Å². The van der Waals surface area contributed by atoms with Crippen molar-refractivity contribution in [3.63, 3.8) is 0 Å².